The molecule has 59 nitrogen and oxygen atoms in total. The summed E-state index contributed by atoms with van der Waals surface area (Å²) in [5.74, 6) is -12.2. The average molecular weight is 2130 g/mol. The highest BCUT2D eigenvalue weighted by atomic mass is 16.8. The van der Waals surface area contributed by atoms with E-state index >= 15 is 0 Å². The van der Waals surface area contributed by atoms with Crippen molar-refractivity contribution in [3.8, 4) is 5.82 Å². The maximum absolute atomic E-state index is 13.9. The van der Waals surface area contributed by atoms with Crippen LogP contribution in [0.3, 0.4) is 0 Å². The summed E-state index contributed by atoms with van der Waals surface area (Å²) in [6.07, 6.45) is -15.2. The van der Waals surface area contributed by atoms with Crippen molar-refractivity contribution >= 4 is 101 Å². The Labute approximate surface area is 854 Å². The summed E-state index contributed by atoms with van der Waals surface area (Å²) in [5.41, 5.74) is 1.98. The minimum atomic E-state index is -1.40. The molecule has 4 amide bonds. The zero-order valence-corrected chi connectivity index (χ0v) is 85.7. The molecule has 830 valence electrons. The fraction of sp³-hybridized carbons (Fsp3) is 0.722. The van der Waals surface area contributed by atoms with Crippen LogP contribution in [0.15, 0.2) is 18.6 Å². The molecule has 0 saturated carbocycles. The van der Waals surface area contributed by atoms with Crippen molar-refractivity contribution in [2.24, 2.45) is 0 Å². The number of aliphatic carboxylic acids is 1. The lowest BCUT2D eigenvalue weighted by Crippen LogP contribution is -2.66. The topological polar surface area (TPSA) is 689 Å². The van der Waals surface area contributed by atoms with Gasteiger partial charge in [-0.2, -0.15) is 0 Å². The van der Waals surface area contributed by atoms with E-state index < -0.39 is 256 Å². The van der Waals surface area contributed by atoms with Gasteiger partial charge in [-0.3, -0.25) is 96.0 Å². The van der Waals surface area contributed by atoms with Crippen molar-refractivity contribution in [2.75, 3.05) is 112 Å². The zero-order valence-electron chi connectivity index (χ0n) is 85.7. The molecule has 5 aliphatic rings. The summed E-state index contributed by atoms with van der Waals surface area (Å²) >= 11 is 0. The first-order valence-electron chi connectivity index (χ1n) is 47.9. The number of ether oxygens (including phenoxy) is 24. The van der Waals surface area contributed by atoms with Gasteiger partial charge in [-0.05, 0) is 19.4 Å². The Kier molecular flexibility index (Phi) is 47.8. The number of nitrogens with one attached hydrogen (secondary N) is 4. The van der Waals surface area contributed by atoms with Gasteiger partial charge in [0, 0.05) is 156 Å². The van der Waals surface area contributed by atoms with E-state index in [9.17, 15) is 86.6 Å². The molecule has 0 aromatic carbocycles. The number of carboxylic acid groups (broad SMARTS) is 1. The van der Waals surface area contributed by atoms with Crippen molar-refractivity contribution in [3.05, 3.63) is 41.4 Å². The second kappa shape index (κ2) is 59.5. The number of aromatic nitrogens is 11. The number of hydrogen-bond donors (Lipinski definition) is 5. The van der Waals surface area contributed by atoms with Gasteiger partial charge in [-0.25, -0.2) is 18.7 Å². The van der Waals surface area contributed by atoms with Gasteiger partial charge in [0.15, 0.2) is 79.8 Å². The smallest absolute Gasteiger partial charge is 0.320 e. The van der Waals surface area contributed by atoms with E-state index in [0.29, 0.717) is 48.0 Å². The molecule has 59 heteroatoms. The van der Waals surface area contributed by atoms with E-state index in [1.807, 2.05) is 9.58 Å². The highest BCUT2D eigenvalue weighted by Crippen LogP contribution is 2.35. The Morgan fingerprint density at radius 1 is 0.362 bits per heavy atom. The second-order valence-corrected chi connectivity index (χ2v) is 34.9. The molecule has 4 saturated heterocycles. The first-order valence-corrected chi connectivity index (χ1v) is 47.9. The molecule has 149 heavy (non-hydrogen) atoms. The number of unbranched alkanes of at least 4 members (excludes halogenated alkanes) is 1. The van der Waals surface area contributed by atoms with Gasteiger partial charge in [0.2, 0.25) is 23.6 Å². The van der Waals surface area contributed by atoms with Crippen LogP contribution in [0.1, 0.15) is 153 Å². The van der Waals surface area contributed by atoms with Crippen LogP contribution in [-0.2, 0) is 248 Å². The number of rotatable bonds is 59. The van der Waals surface area contributed by atoms with Gasteiger partial charge in [-0.15, -0.1) is 15.3 Å². The number of hydrogen-bond acceptors (Lipinski definition) is 49. The summed E-state index contributed by atoms with van der Waals surface area (Å²) < 4.78 is 146. The fourth-order valence-electron chi connectivity index (χ4n) is 16.9. The molecule has 0 aliphatic carbocycles. The van der Waals surface area contributed by atoms with Gasteiger partial charge in [-0.1, -0.05) is 22.1 Å². The van der Waals surface area contributed by atoms with E-state index in [4.69, 9.17) is 114 Å². The molecular weight excluding hydrogens is 1990 g/mol. The molecule has 5 N–H and O–H groups in total. The number of nitrogens with zero attached hydrogens (tertiary/aromatic N) is 13. The van der Waals surface area contributed by atoms with Crippen LogP contribution < -0.4 is 21.3 Å². The predicted octanol–water partition coefficient (Wildman–Crippen LogP) is -3.55. The first kappa shape index (κ1) is 120. The van der Waals surface area contributed by atoms with Crippen LogP contribution in [0.5, 0.6) is 0 Å². The monoisotopic (exact) mass is 2120 g/mol. The summed E-state index contributed by atoms with van der Waals surface area (Å²) in [7, 11) is 0. The number of carbonyl (C=O) groups excluding carboxylic acids is 16. The number of fused-ring (bicyclic) bond motifs is 3. The van der Waals surface area contributed by atoms with Crippen molar-refractivity contribution < 1.29 is 200 Å². The number of carbonyl (C=O) groups is 17. The second-order valence-electron chi connectivity index (χ2n) is 34.9. The van der Waals surface area contributed by atoms with E-state index in [0.717, 1.165) is 83.1 Å². The predicted molar refractivity (Wildman–Crippen MR) is 489 cm³/mol. The molecule has 21 atom stereocenters. The fourth-order valence-corrected chi connectivity index (χ4v) is 16.9. The maximum Gasteiger partial charge on any atom is 0.320 e. The molecule has 5 aliphatic heterocycles. The highest BCUT2D eigenvalue weighted by molar-refractivity contribution is 5.77. The van der Waals surface area contributed by atoms with Gasteiger partial charge >= 0.3 is 77.6 Å². The van der Waals surface area contributed by atoms with Gasteiger partial charge in [0.05, 0.1) is 123 Å². The van der Waals surface area contributed by atoms with Crippen LogP contribution in [-0.4, -0.2) is 411 Å². The molecule has 0 unspecified atom stereocenters. The minimum absolute atomic E-state index is 0.0164. The Hall–Kier alpha value is -12.8. The summed E-state index contributed by atoms with van der Waals surface area (Å²) in [4.78, 5) is 215. The third kappa shape index (κ3) is 38.6. The lowest BCUT2D eigenvalue weighted by Gasteiger charge is -2.44. The summed E-state index contributed by atoms with van der Waals surface area (Å²) in [6.45, 7) is 16.7. The summed E-state index contributed by atoms with van der Waals surface area (Å²) in [5, 5.41) is 48.7. The zero-order chi connectivity index (χ0) is 109. The normalized spacial score (nSPS) is 24.3. The van der Waals surface area contributed by atoms with Gasteiger partial charge in [0.25, 0.3) is 0 Å². The van der Waals surface area contributed by atoms with Gasteiger partial charge in [0.1, 0.15) is 86.7 Å². The van der Waals surface area contributed by atoms with Crippen molar-refractivity contribution in [2.45, 2.75) is 311 Å². The van der Waals surface area contributed by atoms with Crippen LogP contribution in [0.25, 0.3) is 5.82 Å². The van der Waals surface area contributed by atoms with Crippen LogP contribution in [0, 0.1) is 0 Å². The van der Waals surface area contributed by atoms with E-state index in [1.54, 1.807) is 42.2 Å². The Morgan fingerprint density at radius 2 is 0.671 bits per heavy atom. The molecule has 4 aromatic heterocycles. The molecule has 9 heterocycles. The SMILES string of the molecule is CC(=O)N[C@H]1[C@H](OCCOCCn2cc(CN(CCCC[C@@H](C(=O)O)N3Cc4nnn(CCOCCO[C@@H]5O[C@H](COC(C)=O)[C@H](OC(C)=O)[C@H](OC(C)=O)[C@H]5NC(C)=O)c4-n4c(cn4CCOCCO[C@@H]4O[C@H](COC(C)=O)[C@H](OC(C)=O)[C@H](OC(C)=O)[C@H]4NC(C)=O)C3)Cc3cn(CCOCCO[C@@H]4O[C@H](COC(C)=O)[C@H](OC(C)=O)[C@H](OC(C)=O)[C@H]4NC(C)=O)nn3)nn2)O[C@H](COC(C)=O)[C@H](OC(C)=O)[C@@H]1OC(C)=O. The van der Waals surface area contributed by atoms with Crippen molar-refractivity contribution in [1.29, 1.82) is 0 Å². The molecule has 0 bridgehead atoms. The molecular formula is C90H133N17O42. The third-order valence-corrected chi connectivity index (χ3v) is 22.6. The van der Waals surface area contributed by atoms with Crippen molar-refractivity contribution in [3.63, 3.8) is 0 Å². The number of esters is 12. The average Bonchev–Trinajstić information content (AvgIpc) is 1.60. The lowest BCUT2D eigenvalue weighted by molar-refractivity contribution is -0.279. The largest absolute Gasteiger partial charge is 0.480 e. The van der Waals surface area contributed by atoms with Crippen LogP contribution in [0.2, 0.25) is 0 Å². The molecule has 4 fully saturated rings. The van der Waals surface area contributed by atoms with Crippen LogP contribution in [0.4, 0.5) is 0 Å². The van der Waals surface area contributed by atoms with E-state index in [2.05, 4.69) is 52.2 Å². The van der Waals surface area contributed by atoms with E-state index in [1.165, 1.54) is 27.7 Å². The minimum Gasteiger partial charge on any atom is -0.480 e. The standard InChI is InChI=1S/C90H133N17O42/c1-48(108)91-73-81(142-60(13)120)77(138-56(9)116)69(44-134-52(5)112)146-87(73)130-33-29-126-25-21-103-39-64(95-98-103)37-101(38-65-40-104(99-96-65)22-26-127-30-34-131-88-74(92-49(2)109)82(143-61(14)121)78(139-57(10)117)70(147-88)45-135-53(6)113)20-18-17-19-68(86(124)125)102-41-66-42-105(23-27-128-31-35-132-89-75(93-50(3)110)83(144-62(15)122)79(140-58(11)118)71(148-89)46-136-54(7)114)107(66)85-67(43-102)97-100-106(85)24-28-129-32-36-133-90-76(94-51(4)111)84(145-63(16)123)80(141-59(12)119)72(149-90)47-137-55(8)115/h39-40,42,68-84,87-90H,17-38,41,43-47H2,1-16H3,(H,91,108)(H,92,109)(H,93,110)(H,94,111)(H,124,125)/t68-,69+,70+,71+,72+,73+,74+,75+,76+,77-,78-,79-,80-,81+,82+,83+,84+,87+,88+,89+,90+/m0/s1. The van der Waals surface area contributed by atoms with E-state index in [-0.39, 0.29) is 138 Å². The van der Waals surface area contributed by atoms with Crippen molar-refractivity contribution in [1.82, 2.24) is 85.4 Å². The molecule has 4 aromatic rings. The maximum atomic E-state index is 13.9. The Morgan fingerprint density at radius 3 is 0.973 bits per heavy atom. The molecule has 9 rings (SSSR count). The Balaban J connectivity index is 0.906. The first-order chi connectivity index (χ1) is 70.9. The quantitative estimate of drug-likeness (QED) is 0.0162. The summed E-state index contributed by atoms with van der Waals surface area (Å²) in [6, 6.07) is -6.09. The highest BCUT2D eigenvalue weighted by Gasteiger charge is 2.56. The molecule has 0 spiro atoms. The third-order valence-electron chi connectivity index (χ3n) is 22.6. The lowest BCUT2D eigenvalue weighted by atomic mass is 9.96. The number of amides is 4. The van der Waals surface area contributed by atoms with Crippen LogP contribution >= 0.6 is 0 Å². The number of carboxylic acids is 1. The Bertz CT molecular complexity index is 5000. The van der Waals surface area contributed by atoms with Gasteiger partial charge < -0.3 is 140 Å². The molecule has 0 radical (unpaired) electrons.